The molecule has 1 N–H and O–H groups in total. The minimum absolute atomic E-state index is 0.0357. The lowest BCUT2D eigenvalue weighted by Gasteiger charge is -2.27. The van der Waals surface area contributed by atoms with Crippen molar-refractivity contribution >= 4 is 25.8 Å². The molecular formula is C16H24N2O5S2. The average Bonchev–Trinajstić information content (AvgIpc) is 2.91. The molecular weight excluding hydrogens is 364 g/mol. The summed E-state index contributed by atoms with van der Waals surface area (Å²) < 4.78 is 50.2. The van der Waals surface area contributed by atoms with E-state index in [1.807, 2.05) is 6.92 Å². The zero-order valence-corrected chi connectivity index (χ0v) is 16.1. The van der Waals surface area contributed by atoms with Crippen LogP contribution in [0.4, 0.5) is 0 Å². The van der Waals surface area contributed by atoms with E-state index in [2.05, 4.69) is 4.72 Å². The van der Waals surface area contributed by atoms with Crippen LogP contribution >= 0.6 is 0 Å². The van der Waals surface area contributed by atoms with E-state index in [-0.39, 0.29) is 41.4 Å². The van der Waals surface area contributed by atoms with E-state index in [0.717, 1.165) is 12.0 Å². The molecule has 0 saturated carbocycles. The highest BCUT2D eigenvalue weighted by Crippen LogP contribution is 2.18. The number of hydrogen-bond donors (Lipinski definition) is 1. The quantitative estimate of drug-likeness (QED) is 0.736. The molecule has 0 aliphatic carbocycles. The van der Waals surface area contributed by atoms with Gasteiger partial charge in [0.05, 0.1) is 16.4 Å². The summed E-state index contributed by atoms with van der Waals surface area (Å²) in [7, 11) is -6.77. The summed E-state index contributed by atoms with van der Waals surface area (Å²) in [5.41, 5.74) is 1.05. The summed E-state index contributed by atoms with van der Waals surface area (Å²) in [4.78, 5) is 13.4. The van der Waals surface area contributed by atoms with E-state index in [0.29, 0.717) is 6.42 Å². The Labute approximate surface area is 149 Å². The largest absolute Gasteiger partial charge is 0.338 e. The molecule has 1 heterocycles. The van der Waals surface area contributed by atoms with Gasteiger partial charge >= 0.3 is 0 Å². The molecule has 1 unspecified atom stereocenters. The van der Waals surface area contributed by atoms with Gasteiger partial charge in [0.1, 0.15) is 0 Å². The number of nitrogens with zero attached hydrogens (tertiary/aromatic N) is 1. The highest BCUT2D eigenvalue weighted by Gasteiger charge is 2.33. The van der Waals surface area contributed by atoms with Crippen LogP contribution in [0, 0.1) is 0 Å². The van der Waals surface area contributed by atoms with Crippen LogP contribution in [0.3, 0.4) is 0 Å². The molecule has 0 radical (unpaired) electrons. The highest BCUT2D eigenvalue weighted by molar-refractivity contribution is 7.91. The Morgan fingerprint density at radius 1 is 1.28 bits per heavy atom. The summed E-state index contributed by atoms with van der Waals surface area (Å²) in [6.07, 6.45) is 1.22. The van der Waals surface area contributed by atoms with Crippen molar-refractivity contribution in [3.63, 3.8) is 0 Å². The van der Waals surface area contributed by atoms with Crippen LogP contribution < -0.4 is 4.72 Å². The van der Waals surface area contributed by atoms with Crippen molar-refractivity contribution < 1.29 is 21.6 Å². The zero-order chi connectivity index (χ0) is 18.7. The summed E-state index contributed by atoms with van der Waals surface area (Å²) in [5, 5.41) is 0. The molecule has 9 heteroatoms. The third-order valence-electron chi connectivity index (χ3n) is 4.34. The van der Waals surface area contributed by atoms with Gasteiger partial charge < -0.3 is 4.90 Å². The number of hydrogen-bond acceptors (Lipinski definition) is 5. The number of nitrogens with one attached hydrogen (secondary N) is 1. The Bertz CT molecular complexity index is 817. The van der Waals surface area contributed by atoms with Crippen molar-refractivity contribution in [2.45, 2.75) is 37.6 Å². The van der Waals surface area contributed by atoms with Crippen molar-refractivity contribution in [1.82, 2.24) is 9.62 Å². The Hall–Kier alpha value is -1.45. The number of benzene rings is 1. The maximum absolute atomic E-state index is 12.3. The minimum atomic E-state index is -3.66. The van der Waals surface area contributed by atoms with Crippen molar-refractivity contribution in [2.24, 2.45) is 0 Å². The van der Waals surface area contributed by atoms with Gasteiger partial charge in [-0.2, -0.15) is 0 Å². The molecule has 7 nitrogen and oxygen atoms in total. The second kappa shape index (κ2) is 7.84. The van der Waals surface area contributed by atoms with E-state index >= 15 is 0 Å². The summed E-state index contributed by atoms with van der Waals surface area (Å²) >= 11 is 0. The molecule has 1 fully saturated rings. The van der Waals surface area contributed by atoms with Gasteiger partial charge in [-0.1, -0.05) is 19.1 Å². The van der Waals surface area contributed by atoms with E-state index in [1.54, 1.807) is 24.3 Å². The van der Waals surface area contributed by atoms with Gasteiger partial charge in [-0.25, -0.2) is 21.6 Å². The first-order chi connectivity index (χ1) is 11.6. The van der Waals surface area contributed by atoms with Crippen LogP contribution in [0.25, 0.3) is 0 Å². The molecule has 0 aromatic heterocycles. The molecule has 1 aliphatic rings. The van der Waals surface area contributed by atoms with Crippen LogP contribution in [-0.4, -0.2) is 58.3 Å². The van der Waals surface area contributed by atoms with Crippen molar-refractivity contribution in [2.75, 3.05) is 24.6 Å². The number of aryl methyl sites for hydroxylation is 1. The van der Waals surface area contributed by atoms with E-state index < -0.39 is 19.9 Å². The molecule has 1 aromatic rings. The average molecular weight is 389 g/mol. The van der Waals surface area contributed by atoms with Crippen LogP contribution in [0.1, 0.15) is 25.8 Å². The van der Waals surface area contributed by atoms with E-state index in [9.17, 15) is 21.6 Å². The van der Waals surface area contributed by atoms with Gasteiger partial charge in [0.25, 0.3) is 0 Å². The Morgan fingerprint density at radius 3 is 2.40 bits per heavy atom. The molecule has 140 valence electrons. The van der Waals surface area contributed by atoms with Crippen LogP contribution in [-0.2, 0) is 31.1 Å². The fourth-order valence-corrected chi connectivity index (χ4v) is 5.66. The lowest BCUT2D eigenvalue weighted by molar-refractivity contribution is -0.130. The molecule has 2 rings (SSSR count). The first kappa shape index (κ1) is 19.9. The van der Waals surface area contributed by atoms with E-state index in [1.165, 1.54) is 11.8 Å². The van der Waals surface area contributed by atoms with Crippen LogP contribution in [0.5, 0.6) is 0 Å². The normalized spacial score (nSPS) is 19.7. The third kappa shape index (κ3) is 5.26. The zero-order valence-electron chi connectivity index (χ0n) is 14.4. The molecule has 0 bridgehead atoms. The first-order valence-electron chi connectivity index (χ1n) is 8.21. The van der Waals surface area contributed by atoms with Gasteiger partial charge in [0.2, 0.25) is 15.9 Å². The summed E-state index contributed by atoms with van der Waals surface area (Å²) in [6.45, 7) is 3.53. The first-order valence-corrected chi connectivity index (χ1v) is 11.5. The molecule has 1 aliphatic heterocycles. The predicted octanol–water partition coefficient (Wildman–Crippen LogP) is 0.563. The molecule has 0 spiro atoms. The Balaban J connectivity index is 1.97. The second-order valence-electron chi connectivity index (χ2n) is 6.16. The van der Waals surface area contributed by atoms with Gasteiger partial charge in [-0.3, -0.25) is 4.79 Å². The third-order valence-corrected chi connectivity index (χ3v) is 7.57. The van der Waals surface area contributed by atoms with Crippen molar-refractivity contribution in [3.05, 3.63) is 29.8 Å². The molecule has 25 heavy (non-hydrogen) atoms. The monoisotopic (exact) mass is 388 g/mol. The number of sulfonamides is 1. The highest BCUT2D eigenvalue weighted by atomic mass is 32.2. The summed E-state index contributed by atoms with van der Waals surface area (Å²) in [5.74, 6) is -0.247. The van der Waals surface area contributed by atoms with Crippen molar-refractivity contribution in [3.8, 4) is 0 Å². The maximum Gasteiger partial charge on any atom is 0.240 e. The number of carbonyl (C=O) groups excluding carboxylic acids is 1. The molecule has 1 aromatic carbocycles. The fraction of sp³-hybridized carbons (Fsp3) is 0.562. The predicted molar refractivity (Wildman–Crippen MR) is 95.5 cm³/mol. The number of rotatable bonds is 7. The second-order valence-corrected chi connectivity index (χ2v) is 10.2. The number of carbonyl (C=O) groups is 1. The molecule has 1 saturated heterocycles. The Morgan fingerprint density at radius 2 is 1.92 bits per heavy atom. The van der Waals surface area contributed by atoms with Gasteiger partial charge in [-0.15, -0.1) is 0 Å². The number of amides is 1. The number of sulfone groups is 1. The maximum atomic E-state index is 12.3. The summed E-state index contributed by atoms with van der Waals surface area (Å²) in [6, 6.07) is 6.25. The van der Waals surface area contributed by atoms with Crippen LogP contribution in [0.2, 0.25) is 0 Å². The van der Waals surface area contributed by atoms with Gasteiger partial charge in [0, 0.05) is 26.1 Å². The standard InChI is InChI=1S/C16H24N2O5S2/c1-3-14-4-6-16(7-5-14)25(22,23)17-9-10-18(13(2)19)15-8-11-24(20,21)12-15/h4-7,15,17H,3,8-12H2,1-2H3. The van der Waals surface area contributed by atoms with Gasteiger partial charge in [-0.05, 0) is 30.5 Å². The van der Waals surface area contributed by atoms with Crippen molar-refractivity contribution in [1.29, 1.82) is 0 Å². The van der Waals surface area contributed by atoms with Gasteiger partial charge in [0.15, 0.2) is 9.84 Å². The van der Waals surface area contributed by atoms with Crippen LogP contribution in [0.15, 0.2) is 29.2 Å². The molecule has 1 amide bonds. The topological polar surface area (TPSA) is 101 Å². The van der Waals surface area contributed by atoms with E-state index in [4.69, 9.17) is 0 Å². The minimum Gasteiger partial charge on any atom is -0.338 e. The SMILES string of the molecule is CCc1ccc(S(=O)(=O)NCCN(C(C)=O)C2CCS(=O)(=O)C2)cc1. The fourth-order valence-electron chi connectivity index (χ4n) is 2.91. The lowest BCUT2D eigenvalue weighted by Crippen LogP contribution is -2.44. The smallest absolute Gasteiger partial charge is 0.240 e. The Kier molecular flexibility index (Phi) is 6.23. The lowest BCUT2D eigenvalue weighted by atomic mass is 10.2. The molecule has 1 atom stereocenters.